The minimum Gasteiger partial charge on any atom is -0.278 e. The van der Waals surface area contributed by atoms with Crippen LogP contribution in [0.25, 0.3) is 82.9 Å². The predicted octanol–water partition coefficient (Wildman–Crippen LogP) is 11.5. The van der Waals surface area contributed by atoms with E-state index in [1.807, 2.05) is 0 Å². The Morgan fingerprint density at radius 2 is 1.15 bits per heavy atom. The highest BCUT2D eigenvalue weighted by Gasteiger charge is 2.35. The van der Waals surface area contributed by atoms with Crippen molar-refractivity contribution in [2.45, 2.75) is 19.3 Å². The van der Waals surface area contributed by atoms with Crippen molar-refractivity contribution in [3.8, 4) is 39.5 Å². The topological polar surface area (TPSA) is 30.7 Å². The van der Waals surface area contributed by atoms with E-state index in [1.165, 1.54) is 49.4 Å². The van der Waals surface area contributed by atoms with E-state index in [4.69, 9.17) is 9.97 Å². The molecular formula is C45H31N3. The molecule has 3 nitrogen and oxygen atoms in total. The molecule has 0 bridgehead atoms. The SMILES string of the molecule is CC1(C)c2ccccc2-c2cc(-c3ccc4nc(-n5c6ccccc6c6cc7ccccc7cc65)nc(-c5ccccc5)c4c3)ccc21. The summed E-state index contributed by atoms with van der Waals surface area (Å²) in [5, 5.41) is 5.85. The van der Waals surface area contributed by atoms with E-state index < -0.39 is 0 Å². The molecule has 0 atom stereocenters. The molecule has 9 aromatic rings. The lowest BCUT2D eigenvalue weighted by atomic mass is 9.82. The van der Waals surface area contributed by atoms with Gasteiger partial charge in [0.15, 0.2) is 0 Å². The Kier molecular flexibility index (Phi) is 5.63. The van der Waals surface area contributed by atoms with Gasteiger partial charge in [0, 0.05) is 27.1 Å². The zero-order valence-electron chi connectivity index (χ0n) is 26.8. The summed E-state index contributed by atoms with van der Waals surface area (Å²) >= 11 is 0. The number of nitrogens with zero attached hydrogens (tertiary/aromatic N) is 3. The second-order valence-electron chi connectivity index (χ2n) is 13.5. The highest BCUT2D eigenvalue weighted by atomic mass is 15.2. The van der Waals surface area contributed by atoms with Crippen molar-refractivity contribution in [1.82, 2.24) is 14.5 Å². The zero-order valence-corrected chi connectivity index (χ0v) is 26.8. The van der Waals surface area contributed by atoms with E-state index in [-0.39, 0.29) is 5.41 Å². The van der Waals surface area contributed by atoms with Gasteiger partial charge in [0.25, 0.3) is 0 Å². The molecule has 0 fully saturated rings. The summed E-state index contributed by atoms with van der Waals surface area (Å²) in [6, 6.07) is 54.6. The van der Waals surface area contributed by atoms with Gasteiger partial charge in [-0.15, -0.1) is 0 Å². The molecule has 0 amide bonds. The van der Waals surface area contributed by atoms with Crippen LogP contribution >= 0.6 is 0 Å². The van der Waals surface area contributed by atoms with Crippen molar-refractivity contribution in [3.05, 3.63) is 163 Å². The maximum absolute atomic E-state index is 5.39. The van der Waals surface area contributed by atoms with E-state index in [0.717, 1.165) is 38.8 Å². The molecule has 3 heteroatoms. The van der Waals surface area contributed by atoms with Gasteiger partial charge < -0.3 is 0 Å². The minimum absolute atomic E-state index is 0.0162. The van der Waals surface area contributed by atoms with Crippen LogP contribution in [-0.2, 0) is 5.41 Å². The third kappa shape index (κ3) is 3.88. The Labute approximate surface area is 278 Å². The van der Waals surface area contributed by atoms with Gasteiger partial charge in [0.05, 0.1) is 22.2 Å². The van der Waals surface area contributed by atoms with Gasteiger partial charge in [-0.2, -0.15) is 0 Å². The Morgan fingerprint density at radius 1 is 0.458 bits per heavy atom. The van der Waals surface area contributed by atoms with E-state index in [1.54, 1.807) is 0 Å². The largest absolute Gasteiger partial charge is 0.278 e. The lowest BCUT2D eigenvalue weighted by molar-refractivity contribution is 0.660. The number of fused-ring (bicyclic) bond motifs is 8. The summed E-state index contributed by atoms with van der Waals surface area (Å²) in [6.45, 7) is 4.65. The molecule has 0 aliphatic heterocycles. The van der Waals surface area contributed by atoms with Crippen LogP contribution in [0.3, 0.4) is 0 Å². The van der Waals surface area contributed by atoms with Crippen LogP contribution in [-0.4, -0.2) is 14.5 Å². The normalized spacial score (nSPS) is 13.4. The quantitative estimate of drug-likeness (QED) is 0.198. The third-order valence-electron chi connectivity index (χ3n) is 10.4. The van der Waals surface area contributed by atoms with Gasteiger partial charge in [-0.1, -0.05) is 129 Å². The van der Waals surface area contributed by atoms with Crippen LogP contribution in [0.15, 0.2) is 152 Å². The molecule has 2 aromatic heterocycles. The number of aromatic nitrogens is 3. The second kappa shape index (κ2) is 9.97. The lowest BCUT2D eigenvalue weighted by Gasteiger charge is -2.21. The van der Waals surface area contributed by atoms with Gasteiger partial charge in [-0.25, -0.2) is 9.97 Å². The molecule has 10 rings (SSSR count). The highest BCUT2D eigenvalue weighted by molar-refractivity contribution is 6.13. The molecule has 1 aliphatic carbocycles. The number of hydrogen-bond donors (Lipinski definition) is 0. The van der Waals surface area contributed by atoms with Crippen LogP contribution in [0.5, 0.6) is 0 Å². The standard InChI is InChI=1S/C45H31N3/c1-45(2)38-18-10-8-16-33(38)35-24-31(20-22-39(35)45)32-21-23-40-37(26-32)43(28-12-4-3-5-13-28)47-44(46-40)48-41-19-11-9-17-34(41)36-25-29-14-6-7-15-30(29)27-42(36)48/h3-27H,1-2H3. The van der Waals surface area contributed by atoms with Crippen molar-refractivity contribution in [1.29, 1.82) is 0 Å². The van der Waals surface area contributed by atoms with Crippen molar-refractivity contribution in [2.24, 2.45) is 0 Å². The van der Waals surface area contributed by atoms with E-state index >= 15 is 0 Å². The molecule has 0 unspecified atom stereocenters. The molecule has 2 heterocycles. The number of para-hydroxylation sites is 1. The Bertz CT molecular complexity index is 2750. The summed E-state index contributed by atoms with van der Waals surface area (Å²) in [7, 11) is 0. The number of rotatable bonds is 3. The molecule has 0 radical (unpaired) electrons. The molecule has 0 saturated heterocycles. The fourth-order valence-corrected chi connectivity index (χ4v) is 7.98. The fraction of sp³-hybridized carbons (Fsp3) is 0.0667. The van der Waals surface area contributed by atoms with Crippen molar-refractivity contribution in [2.75, 3.05) is 0 Å². The van der Waals surface area contributed by atoms with Gasteiger partial charge >= 0.3 is 0 Å². The van der Waals surface area contributed by atoms with Gasteiger partial charge in [-0.3, -0.25) is 4.57 Å². The first-order chi connectivity index (χ1) is 23.5. The van der Waals surface area contributed by atoms with Crippen molar-refractivity contribution >= 4 is 43.5 Å². The second-order valence-corrected chi connectivity index (χ2v) is 13.5. The molecule has 226 valence electrons. The zero-order chi connectivity index (χ0) is 32.0. The third-order valence-corrected chi connectivity index (χ3v) is 10.4. The van der Waals surface area contributed by atoms with E-state index in [9.17, 15) is 0 Å². The first kappa shape index (κ1) is 27.1. The molecule has 0 N–H and O–H groups in total. The average Bonchev–Trinajstić information content (AvgIpc) is 3.58. The van der Waals surface area contributed by atoms with Gasteiger partial charge in [0.2, 0.25) is 5.95 Å². The van der Waals surface area contributed by atoms with Crippen LogP contribution in [0.2, 0.25) is 0 Å². The average molecular weight is 614 g/mol. The maximum Gasteiger partial charge on any atom is 0.235 e. The predicted molar refractivity (Wildman–Crippen MR) is 200 cm³/mol. The molecule has 0 saturated carbocycles. The summed E-state index contributed by atoms with van der Waals surface area (Å²) in [5.74, 6) is 0.673. The smallest absolute Gasteiger partial charge is 0.235 e. The lowest BCUT2D eigenvalue weighted by Crippen LogP contribution is -2.14. The molecule has 1 aliphatic rings. The number of hydrogen-bond acceptors (Lipinski definition) is 2. The Balaban J connectivity index is 1.21. The fourth-order valence-electron chi connectivity index (χ4n) is 7.98. The summed E-state index contributed by atoms with van der Waals surface area (Å²) in [6.07, 6.45) is 0. The highest BCUT2D eigenvalue weighted by Crippen LogP contribution is 2.49. The van der Waals surface area contributed by atoms with Gasteiger partial charge in [-0.05, 0) is 80.6 Å². The van der Waals surface area contributed by atoms with Crippen LogP contribution < -0.4 is 0 Å². The first-order valence-electron chi connectivity index (χ1n) is 16.6. The Morgan fingerprint density at radius 3 is 2.02 bits per heavy atom. The molecule has 0 spiro atoms. The minimum atomic E-state index is -0.0162. The van der Waals surface area contributed by atoms with Crippen LogP contribution in [0.4, 0.5) is 0 Å². The van der Waals surface area contributed by atoms with Crippen molar-refractivity contribution < 1.29 is 0 Å². The van der Waals surface area contributed by atoms with E-state index in [0.29, 0.717) is 5.95 Å². The molecular weight excluding hydrogens is 583 g/mol. The maximum atomic E-state index is 5.39. The van der Waals surface area contributed by atoms with Crippen molar-refractivity contribution in [3.63, 3.8) is 0 Å². The monoisotopic (exact) mass is 613 g/mol. The summed E-state index contributed by atoms with van der Waals surface area (Å²) in [5.41, 5.74) is 12.9. The molecule has 7 aromatic carbocycles. The number of benzene rings is 7. The Hall–Kier alpha value is -6.06. The summed E-state index contributed by atoms with van der Waals surface area (Å²) < 4.78 is 2.23. The van der Waals surface area contributed by atoms with Crippen LogP contribution in [0.1, 0.15) is 25.0 Å². The molecule has 48 heavy (non-hydrogen) atoms. The summed E-state index contributed by atoms with van der Waals surface area (Å²) in [4.78, 5) is 10.7. The first-order valence-corrected chi connectivity index (χ1v) is 16.6. The van der Waals surface area contributed by atoms with E-state index in [2.05, 4.69) is 170 Å². The van der Waals surface area contributed by atoms with Gasteiger partial charge in [0.1, 0.15) is 0 Å². The van der Waals surface area contributed by atoms with Crippen LogP contribution in [0, 0.1) is 0 Å².